The molecule has 0 fully saturated rings. The highest BCUT2D eigenvalue weighted by atomic mass is 16.5. The van der Waals surface area contributed by atoms with Crippen LogP contribution in [0, 0.1) is 0 Å². The lowest BCUT2D eigenvalue weighted by atomic mass is 10.1. The van der Waals surface area contributed by atoms with Crippen LogP contribution in [0.5, 0.6) is 5.88 Å². The summed E-state index contributed by atoms with van der Waals surface area (Å²) in [6, 6.07) is 2.26. The Balaban J connectivity index is 2.53. The maximum atomic E-state index is 5.35. The van der Waals surface area contributed by atoms with Gasteiger partial charge in [-0.15, -0.1) is 0 Å². The van der Waals surface area contributed by atoms with Crippen molar-refractivity contribution in [3.8, 4) is 5.88 Å². The molecule has 18 heavy (non-hydrogen) atoms. The first-order valence-corrected chi connectivity index (χ1v) is 6.53. The number of likely N-dealkylation sites (N-methyl/N-ethyl adjacent to an activating group) is 1. The molecule has 1 aromatic heterocycles. The molecule has 0 radical (unpaired) electrons. The first-order valence-electron chi connectivity index (χ1n) is 6.53. The molecule has 5 nitrogen and oxygen atoms in total. The number of anilines is 1. The van der Waals surface area contributed by atoms with Crippen LogP contribution in [0.1, 0.15) is 26.7 Å². The van der Waals surface area contributed by atoms with E-state index < -0.39 is 0 Å². The summed E-state index contributed by atoms with van der Waals surface area (Å²) in [5, 5.41) is 3.27. The lowest BCUT2D eigenvalue weighted by Gasteiger charge is -2.24. The van der Waals surface area contributed by atoms with Crippen LogP contribution in [0.3, 0.4) is 0 Å². The summed E-state index contributed by atoms with van der Waals surface area (Å²) in [5.74, 6) is 1.25. The molecule has 0 saturated carbocycles. The van der Waals surface area contributed by atoms with Crippen LogP contribution in [-0.2, 0) is 0 Å². The van der Waals surface area contributed by atoms with E-state index in [1.54, 1.807) is 12.3 Å². The molecule has 0 aliphatic rings. The summed E-state index contributed by atoms with van der Waals surface area (Å²) in [6.07, 6.45) is 4.04. The van der Waals surface area contributed by atoms with E-state index in [0.717, 1.165) is 13.0 Å². The number of hydrogen-bond donors (Lipinski definition) is 1. The molecule has 1 N–H and O–H groups in total. The van der Waals surface area contributed by atoms with Crippen LogP contribution in [0.15, 0.2) is 12.3 Å². The first-order chi connectivity index (χ1) is 8.67. The van der Waals surface area contributed by atoms with Crippen LogP contribution in [-0.4, -0.2) is 48.2 Å². The van der Waals surface area contributed by atoms with Crippen molar-refractivity contribution in [3.63, 3.8) is 0 Å². The Bertz CT molecular complexity index is 344. The average Bonchev–Trinajstić information content (AvgIpc) is 2.35. The average molecular weight is 252 g/mol. The van der Waals surface area contributed by atoms with Crippen molar-refractivity contribution in [2.75, 3.05) is 32.6 Å². The van der Waals surface area contributed by atoms with Gasteiger partial charge in [-0.2, -0.15) is 4.98 Å². The summed E-state index contributed by atoms with van der Waals surface area (Å²) in [5.41, 5.74) is 0. The van der Waals surface area contributed by atoms with Crippen molar-refractivity contribution in [3.05, 3.63) is 12.3 Å². The van der Waals surface area contributed by atoms with Gasteiger partial charge in [0.15, 0.2) is 0 Å². The smallest absolute Gasteiger partial charge is 0.225 e. The number of nitrogens with zero attached hydrogens (tertiary/aromatic N) is 3. The Hall–Kier alpha value is -1.36. The minimum Gasteiger partial charge on any atom is -0.478 e. The molecule has 1 aromatic rings. The minimum absolute atomic E-state index is 0.495. The first kappa shape index (κ1) is 14.7. The van der Waals surface area contributed by atoms with Gasteiger partial charge >= 0.3 is 0 Å². The molecule has 1 rings (SSSR count). The van der Waals surface area contributed by atoms with Gasteiger partial charge in [0.05, 0.1) is 6.61 Å². The molecule has 1 atom stereocenters. The van der Waals surface area contributed by atoms with Crippen molar-refractivity contribution < 1.29 is 4.74 Å². The zero-order chi connectivity index (χ0) is 13.4. The van der Waals surface area contributed by atoms with Gasteiger partial charge in [0.25, 0.3) is 0 Å². The van der Waals surface area contributed by atoms with Gasteiger partial charge in [-0.05, 0) is 27.4 Å². The normalized spacial score (nSPS) is 12.5. The molecule has 0 aliphatic heterocycles. The Morgan fingerprint density at radius 2 is 2.17 bits per heavy atom. The highest BCUT2D eigenvalue weighted by Gasteiger charge is 2.10. The van der Waals surface area contributed by atoms with E-state index >= 15 is 0 Å². The van der Waals surface area contributed by atoms with Gasteiger partial charge < -0.3 is 15.0 Å². The number of hydrogen-bond acceptors (Lipinski definition) is 5. The van der Waals surface area contributed by atoms with E-state index in [4.69, 9.17) is 4.74 Å². The summed E-state index contributed by atoms with van der Waals surface area (Å²) < 4.78 is 5.35. The molecular formula is C13H24N4O. The third kappa shape index (κ3) is 4.87. The minimum atomic E-state index is 0.495. The topological polar surface area (TPSA) is 50.3 Å². The standard InChI is InChI=1S/C13H24N4O/c1-5-7-11(17(3)4)10-15-13-14-9-8-12(16-13)18-6-2/h8-9,11H,5-7,10H2,1-4H3,(H,14,15,16). The third-order valence-corrected chi connectivity index (χ3v) is 2.77. The molecule has 0 aromatic carbocycles. The van der Waals surface area contributed by atoms with Crippen LogP contribution in [0.2, 0.25) is 0 Å². The Labute approximate surface area is 110 Å². The van der Waals surface area contributed by atoms with Gasteiger partial charge in [-0.1, -0.05) is 13.3 Å². The van der Waals surface area contributed by atoms with E-state index in [1.165, 1.54) is 6.42 Å². The van der Waals surface area contributed by atoms with Crippen LogP contribution in [0.25, 0.3) is 0 Å². The number of aromatic nitrogens is 2. The molecule has 1 heterocycles. The van der Waals surface area contributed by atoms with Crippen LogP contribution < -0.4 is 10.1 Å². The molecular weight excluding hydrogens is 228 g/mol. The van der Waals surface area contributed by atoms with Crippen molar-refractivity contribution in [1.82, 2.24) is 14.9 Å². The molecule has 0 saturated heterocycles. The second kappa shape index (κ2) is 7.87. The van der Waals surface area contributed by atoms with E-state index in [1.807, 2.05) is 6.92 Å². The van der Waals surface area contributed by atoms with Crippen LogP contribution in [0.4, 0.5) is 5.95 Å². The van der Waals surface area contributed by atoms with Gasteiger partial charge in [0.1, 0.15) is 0 Å². The van der Waals surface area contributed by atoms with Gasteiger partial charge in [0, 0.05) is 24.8 Å². The van der Waals surface area contributed by atoms with E-state index in [0.29, 0.717) is 24.5 Å². The van der Waals surface area contributed by atoms with E-state index in [2.05, 4.69) is 41.2 Å². The molecule has 0 bridgehead atoms. The maximum absolute atomic E-state index is 5.35. The fraction of sp³-hybridized carbons (Fsp3) is 0.692. The van der Waals surface area contributed by atoms with Crippen molar-refractivity contribution >= 4 is 5.95 Å². The van der Waals surface area contributed by atoms with Crippen molar-refractivity contribution in [2.24, 2.45) is 0 Å². The SMILES string of the molecule is CCCC(CNc1nccc(OCC)n1)N(C)C. The number of nitrogens with one attached hydrogen (secondary N) is 1. The highest BCUT2D eigenvalue weighted by Crippen LogP contribution is 2.09. The third-order valence-electron chi connectivity index (χ3n) is 2.77. The summed E-state index contributed by atoms with van der Waals surface area (Å²) in [7, 11) is 4.19. The predicted molar refractivity (Wildman–Crippen MR) is 74.1 cm³/mol. The second-order valence-corrected chi connectivity index (χ2v) is 4.44. The maximum Gasteiger partial charge on any atom is 0.225 e. The molecule has 0 spiro atoms. The zero-order valence-electron chi connectivity index (χ0n) is 11.8. The highest BCUT2D eigenvalue weighted by molar-refractivity contribution is 5.27. The predicted octanol–water partition coefficient (Wildman–Crippen LogP) is 2.02. The molecule has 102 valence electrons. The quantitative estimate of drug-likeness (QED) is 0.767. The monoisotopic (exact) mass is 252 g/mol. The lowest BCUT2D eigenvalue weighted by Crippen LogP contribution is -2.34. The van der Waals surface area contributed by atoms with Gasteiger partial charge in [-0.25, -0.2) is 4.98 Å². The van der Waals surface area contributed by atoms with E-state index in [9.17, 15) is 0 Å². The number of rotatable bonds is 8. The van der Waals surface area contributed by atoms with Crippen molar-refractivity contribution in [2.45, 2.75) is 32.7 Å². The fourth-order valence-corrected chi connectivity index (χ4v) is 1.74. The summed E-state index contributed by atoms with van der Waals surface area (Å²) in [6.45, 7) is 5.60. The Morgan fingerprint density at radius 1 is 1.39 bits per heavy atom. The van der Waals surface area contributed by atoms with E-state index in [-0.39, 0.29) is 0 Å². The summed E-state index contributed by atoms with van der Waals surface area (Å²) in [4.78, 5) is 10.7. The Morgan fingerprint density at radius 3 is 2.78 bits per heavy atom. The fourth-order valence-electron chi connectivity index (χ4n) is 1.74. The largest absolute Gasteiger partial charge is 0.478 e. The van der Waals surface area contributed by atoms with Gasteiger partial charge in [-0.3, -0.25) is 0 Å². The zero-order valence-corrected chi connectivity index (χ0v) is 11.8. The number of ether oxygens (including phenoxy) is 1. The lowest BCUT2D eigenvalue weighted by molar-refractivity contribution is 0.288. The van der Waals surface area contributed by atoms with Crippen molar-refractivity contribution in [1.29, 1.82) is 0 Å². The van der Waals surface area contributed by atoms with Crippen LogP contribution >= 0.6 is 0 Å². The summed E-state index contributed by atoms with van der Waals surface area (Å²) >= 11 is 0. The molecule has 5 heteroatoms. The Kier molecular flexibility index (Phi) is 6.43. The molecule has 0 aliphatic carbocycles. The van der Waals surface area contributed by atoms with Gasteiger partial charge in [0.2, 0.25) is 11.8 Å². The molecule has 0 amide bonds. The second-order valence-electron chi connectivity index (χ2n) is 4.44. The molecule has 1 unspecified atom stereocenters.